The zero-order valence-electron chi connectivity index (χ0n) is 14.7. The van der Waals surface area contributed by atoms with Gasteiger partial charge in [-0.3, -0.25) is 14.2 Å². The fraction of sp³-hybridized carbons (Fsp3) is 0.211. The lowest BCUT2D eigenvalue weighted by molar-refractivity contribution is -0.115. The normalized spacial score (nSPS) is 12.1. The van der Waals surface area contributed by atoms with Crippen LogP contribution < -0.4 is 10.9 Å². The summed E-state index contributed by atoms with van der Waals surface area (Å²) in [5.74, 6) is -2.43. The van der Waals surface area contributed by atoms with E-state index >= 15 is 0 Å². The van der Waals surface area contributed by atoms with Crippen LogP contribution in [-0.4, -0.2) is 20.7 Å². The molecule has 0 spiro atoms. The number of hydrogen-bond acceptors (Lipinski definition) is 4. The molecule has 8 heteroatoms. The smallest absolute Gasteiger partial charge is 0.262 e. The van der Waals surface area contributed by atoms with Crippen molar-refractivity contribution in [3.05, 3.63) is 64.5 Å². The number of anilines is 1. The minimum Gasteiger partial charge on any atom is -0.325 e. The number of halogens is 2. The van der Waals surface area contributed by atoms with Gasteiger partial charge < -0.3 is 5.32 Å². The number of benzene rings is 2. The third kappa shape index (κ3) is 4.00. The van der Waals surface area contributed by atoms with Gasteiger partial charge in [-0.15, -0.1) is 0 Å². The van der Waals surface area contributed by atoms with E-state index in [1.807, 2.05) is 6.92 Å². The summed E-state index contributed by atoms with van der Waals surface area (Å²) >= 11 is 1.13. The van der Waals surface area contributed by atoms with E-state index in [1.54, 1.807) is 31.2 Å². The number of carbonyl (C=O) groups is 1. The van der Waals surface area contributed by atoms with Gasteiger partial charge >= 0.3 is 0 Å². The Morgan fingerprint density at radius 3 is 2.67 bits per heavy atom. The van der Waals surface area contributed by atoms with Crippen LogP contribution in [0.2, 0.25) is 0 Å². The van der Waals surface area contributed by atoms with Gasteiger partial charge in [-0.05, 0) is 38.1 Å². The van der Waals surface area contributed by atoms with Gasteiger partial charge in [0.25, 0.3) is 5.56 Å². The van der Waals surface area contributed by atoms with E-state index in [-0.39, 0.29) is 11.2 Å². The Kier molecular flexibility index (Phi) is 5.55. The Hall–Kier alpha value is -2.74. The molecule has 2 aromatic carbocycles. The average molecular weight is 389 g/mol. The molecule has 0 saturated heterocycles. The van der Waals surface area contributed by atoms with E-state index in [4.69, 9.17) is 0 Å². The van der Waals surface area contributed by atoms with E-state index in [2.05, 4.69) is 10.3 Å². The molecule has 1 aromatic heterocycles. The first-order valence-electron chi connectivity index (χ1n) is 8.33. The standard InChI is InChI=1S/C19H17F2N3O2S/c1-3-24-18(26)13-6-4-5-7-16(13)23-19(24)27-11(2)17(25)22-12-8-9-14(20)15(21)10-12/h4-11H,3H2,1-2H3,(H,22,25). The lowest BCUT2D eigenvalue weighted by atomic mass is 10.2. The Morgan fingerprint density at radius 2 is 1.96 bits per heavy atom. The molecule has 0 aliphatic rings. The maximum Gasteiger partial charge on any atom is 0.262 e. The SMILES string of the molecule is CCn1c(SC(C)C(=O)Nc2ccc(F)c(F)c2)nc2ccccc2c1=O. The quantitative estimate of drug-likeness (QED) is 0.532. The number of nitrogens with zero attached hydrogens (tertiary/aromatic N) is 2. The van der Waals surface area contributed by atoms with Crippen LogP contribution in [-0.2, 0) is 11.3 Å². The van der Waals surface area contributed by atoms with Crippen molar-refractivity contribution in [2.75, 3.05) is 5.32 Å². The minimum atomic E-state index is -1.04. The number of amides is 1. The molecular formula is C19H17F2N3O2S. The second-order valence-electron chi connectivity index (χ2n) is 5.84. The largest absolute Gasteiger partial charge is 0.325 e. The van der Waals surface area contributed by atoms with Crippen LogP contribution in [0.5, 0.6) is 0 Å². The highest BCUT2D eigenvalue weighted by molar-refractivity contribution is 8.00. The number of aromatic nitrogens is 2. The Balaban J connectivity index is 1.84. The first kappa shape index (κ1) is 19.0. The molecule has 5 nitrogen and oxygen atoms in total. The first-order chi connectivity index (χ1) is 12.9. The second kappa shape index (κ2) is 7.87. The number of nitrogens with one attached hydrogen (secondary N) is 1. The summed E-state index contributed by atoms with van der Waals surface area (Å²) < 4.78 is 27.8. The molecular weight excluding hydrogens is 372 g/mol. The van der Waals surface area contributed by atoms with E-state index < -0.39 is 22.8 Å². The molecule has 1 atom stereocenters. The molecule has 1 unspecified atom stereocenters. The van der Waals surface area contributed by atoms with E-state index in [1.165, 1.54) is 10.6 Å². The topological polar surface area (TPSA) is 64.0 Å². The number of carbonyl (C=O) groups excluding carboxylic acids is 1. The number of hydrogen-bond donors (Lipinski definition) is 1. The summed E-state index contributed by atoms with van der Waals surface area (Å²) in [6.45, 7) is 3.89. The second-order valence-corrected chi connectivity index (χ2v) is 7.15. The average Bonchev–Trinajstić information content (AvgIpc) is 2.65. The third-order valence-corrected chi connectivity index (χ3v) is 5.07. The van der Waals surface area contributed by atoms with E-state index in [0.29, 0.717) is 22.6 Å². The zero-order valence-corrected chi connectivity index (χ0v) is 15.5. The van der Waals surface area contributed by atoms with Crippen molar-refractivity contribution in [1.82, 2.24) is 9.55 Å². The lowest BCUT2D eigenvalue weighted by Gasteiger charge is -2.15. The number of fused-ring (bicyclic) bond motifs is 1. The van der Waals surface area contributed by atoms with E-state index in [0.717, 1.165) is 23.9 Å². The number of rotatable bonds is 5. The van der Waals surface area contributed by atoms with Crippen LogP contribution >= 0.6 is 11.8 Å². The highest BCUT2D eigenvalue weighted by Gasteiger charge is 2.19. The molecule has 27 heavy (non-hydrogen) atoms. The number of thioether (sulfide) groups is 1. The summed E-state index contributed by atoms with van der Waals surface area (Å²) in [7, 11) is 0. The fourth-order valence-corrected chi connectivity index (χ4v) is 3.52. The van der Waals surface area contributed by atoms with Crippen molar-refractivity contribution in [3.63, 3.8) is 0 Å². The Morgan fingerprint density at radius 1 is 1.22 bits per heavy atom. The monoisotopic (exact) mass is 389 g/mol. The highest BCUT2D eigenvalue weighted by Crippen LogP contribution is 2.24. The summed E-state index contributed by atoms with van der Waals surface area (Å²) in [5, 5.41) is 2.87. The van der Waals surface area contributed by atoms with Gasteiger partial charge in [0, 0.05) is 18.3 Å². The summed E-state index contributed by atoms with van der Waals surface area (Å²) in [5.41, 5.74) is 0.549. The molecule has 0 bridgehead atoms. The van der Waals surface area contributed by atoms with Crippen molar-refractivity contribution in [3.8, 4) is 0 Å². The molecule has 1 N–H and O–H groups in total. The van der Waals surface area contributed by atoms with Crippen LogP contribution in [0.3, 0.4) is 0 Å². The third-order valence-electron chi connectivity index (χ3n) is 3.98. The maximum absolute atomic E-state index is 13.3. The minimum absolute atomic E-state index is 0.158. The predicted molar refractivity (Wildman–Crippen MR) is 102 cm³/mol. The van der Waals surface area contributed by atoms with Crippen LogP contribution in [0.15, 0.2) is 52.4 Å². The fourth-order valence-electron chi connectivity index (χ4n) is 2.55. The summed E-state index contributed by atoms with van der Waals surface area (Å²) in [4.78, 5) is 29.5. The van der Waals surface area contributed by atoms with Crippen LogP contribution in [0.4, 0.5) is 14.5 Å². The molecule has 0 aliphatic heterocycles. The molecule has 1 amide bonds. The predicted octanol–water partition coefficient (Wildman–Crippen LogP) is 3.81. The molecule has 3 aromatic rings. The van der Waals surface area contributed by atoms with Crippen molar-refractivity contribution >= 4 is 34.3 Å². The zero-order chi connectivity index (χ0) is 19.6. The van der Waals surface area contributed by atoms with Crippen molar-refractivity contribution in [1.29, 1.82) is 0 Å². The van der Waals surface area contributed by atoms with Crippen LogP contribution in [0.25, 0.3) is 10.9 Å². The van der Waals surface area contributed by atoms with E-state index in [9.17, 15) is 18.4 Å². The van der Waals surface area contributed by atoms with Crippen LogP contribution in [0, 0.1) is 11.6 Å². The molecule has 1 heterocycles. The van der Waals surface area contributed by atoms with Crippen LogP contribution in [0.1, 0.15) is 13.8 Å². The van der Waals surface area contributed by atoms with Gasteiger partial charge in [-0.25, -0.2) is 13.8 Å². The molecule has 3 rings (SSSR count). The van der Waals surface area contributed by atoms with Crippen molar-refractivity contribution in [2.24, 2.45) is 0 Å². The molecule has 0 aliphatic carbocycles. The van der Waals surface area contributed by atoms with Gasteiger partial charge in [-0.2, -0.15) is 0 Å². The molecule has 0 saturated carbocycles. The maximum atomic E-state index is 13.3. The van der Waals surface area contributed by atoms with Gasteiger partial charge in [0.15, 0.2) is 16.8 Å². The lowest BCUT2D eigenvalue weighted by Crippen LogP contribution is -2.26. The summed E-state index contributed by atoms with van der Waals surface area (Å²) in [6.07, 6.45) is 0. The van der Waals surface area contributed by atoms with Gasteiger partial charge in [0.05, 0.1) is 16.2 Å². The number of para-hydroxylation sites is 1. The highest BCUT2D eigenvalue weighted by atomic mass is 32.2. The van der Waals surface area contributed by atoms with Gasteiger partial charge in [0.2, 0.25) is 5.91 Å². The molecule has 0 fully saturated rings. The Bertz CT molecular complexity index is 1070. The van der Waals surface area contributed by atoms with Crippen molar-refractivity contribution in [2.45, 2.75) is 30.8 Å². The summed E-state index contributed by atoms with van der Waals surface area (Å²) in [6, 6.07) is 10.2. The van der Waals surface area contributed by atoms with Gasteiger partial charge in [-0.1, -0.05) is 23.9 Å². The van der Waals surface area contributed by atoms with Crippen molar-refractivity contribution < 1.29 is 13.6 Å². The molecule has 0 radical (unpaired) electrons. The Labute approximate surface area is 158 Å². The molecule has 140 valence electrons. The van der Waals surface area contributed by atoms with Gasteiger partial charge in [0.1, 0.15) is 0 Å². The first-order valence-corrected chi connectivity index (χ1v) is 9.20.